The first-order valence-electron chi connectivity index (χ1n) is 12.6. The van der Waals surface area contributed by atoms with E-state index in [1.54, 1.807) is 12.1 Å². The Morgan fingerprint density at radius 3 is 2.30 bits per heavy atom. The van der Waals surface area contributed by atoms with Gasteiger partial charge in [-0.05, 0) is 6.07 Å². The number of nitrogens with two attached hydrogens (primary N) is 2. The lowest BCUT2D eigenvalue weighted by Crippen LogP contribution is -2.46. The lowest BCUT2D eigenvalue weighted by molar-refractivity contribution is -0.765. The fourth-order valence-electron chi connectivity index (χ4n) is 4.58. The Morgan fingerprint density at radius 1 is 1.00 bits per heavy atom. The fraction of sp³-hybridized carbons (Fsp3) is 0.476. The Bertz CT molecular complexity index is 1630. The van der Waals surface area contributed by atoms with Gasteiger partial charge in [-0.3, -0.25) is 13.6 Å². The van der Waals surface area contributed by atoms with Crippen molar-refractivity contribution in [1.29, 1.82) is 0 Å². The number of hydrogen-bond donors (Lipinski definition) is 8. The summed E-state index contributed by atoms with van der Waals surface area (Å²) in [5.41, 5.74) is 12.2. The number of aliphatic hydroxyl groups is 4. The highest BCUT2D eigenvalue weighted by atomic mass is 32.1. The Morgan fingerprint density at radius 2 is 1.64 bits per heavy atom. The van der Waals surface area contributed by atoms with Crippen LogP contribution < -0.4 is 16.0 Å². The van der Waals surface area contributed by atoms with E-state index in [0.29, 0.717) is 5.56 Å². The van der Waals surface area contributed by atoms with Gasteiger partial charge in [-0.1, -0.05) is 12.2 Å². The number of rotatable bonds is 11. The van der Waals surface area contributed by atoms with Crippen LogP contribution in [0, 0.1) is 0 Å². The molecule has 0 amide bonds. The summed E-state index contributed by atoms with van der Waals surface area (Å²) in [7, 11) is -10.7. The van der Waals surface area contributed by atoms with E-state index in [9.17, 15) is 39.3 Å². The van der Waals surface area contributed by atoms with Gasteiger partial charge in [-0.25, -0.2) is 24.1 Å². The van der Waals surface area contributed by atoms with Crippen LogP contribution in [-0.4, -0.2) is 105 Å². The van der Waals surface area contributed by atoms with Crippen molar-refractivity contribution in [3.8, 4) is 0 Å². The molecule has 10 N–H and O–H groups in total. The molecule has 240 valence electrons. The van der Waals surface area contributed by atoms with Crippen molar-refractivity contribution in [2.24, 2.45) is 5.73 Å². The molecule has 0 bridgehead atoms. The molecule has 2 aliphatic heterocycles. The predicted octanol–water partition coefficient (Wildman–Crippen LogP) is -2.48. The number of imidazole rings is 1. The molecule has 23 heteroatoms. The van der Waals surface area contributed by atoms with Gasteiger partial charge in [-0.2, -0.15) is 8.88 Å². The summed E-state index contributed by atoms with van der Waals surface area (Å²) < 4.78 is 52.4. The summed E-state index contributed by atoms with van der Waals surface area (Å²) in [5.74, 6) is 0.0574. The maximum atomic E-state index is 12.4. The molecule has 0 radical (unpaired) electrons. The number of nitrogens with zero attached hydrogens (tertiary/aromatic N) is 5. The molecule has 44 heavy (non-hydrogen) atoms. The van der Waals surface area contributed by atoms with Crippen LogP contribution in [-0.2, 0) is 32.0 Å². The highest BCUT2D eigenvalue weighted by molar-refractivity contribution is 7.80. The minimum absolute atomic E-state index is 0.0574. The lowest BCUT2D eigenvalue weighted by Gasteiger charge is -2.20. The topological polar surface area (TPSA) is 301 Å². The number of anilines is 1. The standard InChI is InChI=1S/C21H27N7O13P2S/c22-17-12-19(25-7-24-17)28(8-26-12)21-16(32)14(30)11(40-21)6-38-43(35,36)41-42(33,34)37-5-10-13(29)15(31)20(39-10)27-3-1-2-9(4-27)18(23)44/h1-4,7-8,10-11,13-16,20-21,29-32H,5-6H2,(H5-,22,23,24,25,33,34,35,36,44)/p+1/t10-,11-,13-,14?,15-,16-,20?,21-/m1/s1. The molecule has 0 aromatic carbocycles. The molecule has 0 spiro atoms. The number of thiocarbonyl (C=S) groups is 1. The summed E-state index contributed by atoms with van der Waals surface area (Å²) in [6, 6.07) is 3.18. The summed E-state index contributed by atoms with van der Waals surface area (Å²) in [5, 5.41) is 41.7. The third-order valence-corrected chi connectivity index (χ3v) is 9.58. The van der Waals surface area contributed by atoms with Gasteiger partial charge in [-0.15, -0.1) is 0 Å². The van der Waals surface area contributed by atoms with Crippen LogP contribution in [0.5, 0.6) is 0 Å². The number of hydrogen-bond acceptors (Lipinski definition) is 16. The van der Waals surface area contributed by atoms with Crippen LogP contribution in [0.4, 0.5) is 5.82 Å². The maximum Gasteiger partial charge on any atom is 0.481 e. The van der Waals surface area contributed by atoms with Gasteiger partial charge in [0, 0.05) is 6.07 Å². The van der Waals surface area contributed by atoms with Crippen molar-refractivity contribution >= 4 is 49.8 Å². The van der Waals surface area contributed by atoms with Gasteiger partial charge in [0.15, 0.2) is 36.2 Å². The van der Waals surface area contributed by atoms with Crippen LogP contribution >= 0.6 is 27.9 Å². The van der Waals surface area contributed by atoms with E-state index >= 15 is 0 Å². The van der Waals surface area contributed by atoms with Crippen molar-refractivity contribution in [3.63, 3.8) is 0 Å². The van der Waals surface area contributed by atoms with Gasteiger partial charge < -0.3 is 51.2 Å². The summed E-state index contributed by atoms with van der Waals surface area (Å²) in [6.07, 6.45) is -6.22. The number of aliphatic hydroxyl groups excluding tert-OH is 4. The zero-order valence-electron chi connectivity index (χ0n) is 22.2. The molecule has 3 aromatic rings. The molecule has 0 saturated carbocycles. The number of aromatic nitrogens is 5. The number of nitrogen functional groups attached to an aromatic ring is 1. The minimum Gasteiger partial charge on any atom is -0.389 e. The summed E-state index contributed by atoms with van der Waals surface area (Å²) in [6.45, 7) is -1.74. The molecule has 4 unspecified atom stereocenters. The molecule has 2 fully saturated rings. The molecule has 5 rings (SSSR count). The zero-order chi connectivity index (χ0) is 32.0. The Labute approximate surface area is 252 Å². The zero-order valence-corrected chi connectivity index (χ0v) is 24.8. The quantitative estimate of drug-likeness (QED) is 0.0590. The van der Waals surface area contributed by atoms with Crippen LogP contribution in [0.3, 0.4) is 0 Å². The van der Waals surface area contributed by atoms with Crippen molar-refractivity contribution in [2.45, 2.75) is 49.1 Å². The minimum atomic E-state index is -5.35. The van der Waals surface area contributed by atoms with E-state index in [-0.39, 0.29) is 22.0 Å². The number of fused-ring (bicyclic) bond motifs is 1. The Kier molecular flexibility index (Phi) is 9.44. The second kappa shape index (κ2) is 12.7. The van der Waals surface area contributed by atoms with Crippen molar-refractivity contribution in [1.82, 2.24) is 19.5 Å². The van der Waals surface area contributed by atoms with E-state index in [2.05, 4.69) is 19.3 Å². The average Bonchev–Trinajstić information content (AvgIpc) is 3.61. The van der Waals surface area contributed by atoms with Crippen molar-refractivity contribution in [2.75, 3.05) is 18.9 Å². The molecule has 20 nitrogen and oxygen atoms in total. The molecular formula is C21H28N7O13P2S+. The maximum absolute atomic E-state index is 12.4. The van der Waals surface area contributed by atoms with E-state index in [4.69, 9.17) is 42.2 Å². The second-order valence-corrected chi connectivity index (χ2v) is 13.2. The first kappa shape index (κ1) is 32.8. The second-order valence-electron chi connectivity index (χ2n) is 9.69. The van der Waals surface area contributed by atoms with Crippen molar-refractivity contribution < 1.29 is 66.7 Å². The smallest absolute Gasteiger partial charge is 0.389 e. The van der Waals surface area contributed by atoms with Crippen LogP contribution in [0.2, 0.25) is 0 Å². The van der Waals surface area contributed by atoms with Gasteiger partial charge in [0.25, 0.3) is 6.23 Å². The van der Waals surface area contributed by atoms with E-state index in [0.717, 1.165) is 6.33 Å². The predicted molar refractivity (Wildman–Crippen MR) is 147 cm³/mol. The molecule has 3 aromatic heterocycles. The average molecular weight is 681 g/mol. The first-order chi connectivity index (χ1) is 20.7. The van der Waals surface area contributed by atoms with E-state index in [1.165, 1.54) is 27.9 Å². The lowest BCUT2D eigenvalue weighted by atomic mass is 10.1. The molecule has 5 heterocycles. The SMILES string of the molecule is NC(=S)c1ccc[n+](C2O[C@H](COP(=O)(O)OP(=O)(O)OC[C@H]3O[C@@H](n4cnc5c(N)ncnc54)[C@H](O)C3O)[C@@H](O)[C@H]2O)c1. The van der Waals surface area contributed by atoms with Crippen LogP contribution in [0.15, 0.2) is 37.2 Å². The monoisotopic (exact) mass is 680 g/mol. The fourth-order valence-corrected chi connectivity index (χ4v) is 6.79. The number of ether oxygens (including phenoxy) is 2. The van der Waals surface area contributed by atoms with Crippen LogP contribution in [0.25, 0.3) is 11.2 Å². The first-order valence-corrected chi connectivity index (χ1v) is 16.0. The summed E-state index contributed by atoms with van der Waals surface area (Å²) in [4.78, 5) is 32.0. The number of phosphoric ester groups is 2. The summed E-state index contributed by atoms with van der Waals surface area (Å²) >= 11 is 4.92. The third-order valence-electron chi connectivity index (χ3n) is 6.75. The molecule has 0 aliphatic carbocycles. The van der Waals surface area contributed by atoms with Gasteiger partial charge in [0.1, 0.15) is 47.4 Å². The number of phosphoric acid groups is 2. The van der Waals surface area contributed by atoms with Crippen molar-refractivity contribution in [3.05, 3.63) is 42.7 Å². The largest absolute Gasteiger partial charge is 0.481 e. The van der Waals surface area contributed by atoms with E-state index in [1.807, 2.05) is 0 Å². The van der Waals surface area contributed by atoms with E-state index < -0.39 is 77.9 Å². The number of pyridine rings is 1. The molecule has 10 atom stereocenters. The Hall–Kier alpha value is -2.59. The molecule has 2 saturated heterocycles. The van der Waals surface area contributed by atoms with Crippen LogP contribution in [0.1, 0.15) is 18.0 Å². The third kappa shape index (κ3) is 6.81. The molecular weight excluding hydrogens is 652 g/mol. The van der Waals surface area contributed by atoms with Gasteiger partial charge in [0.2, 0.25) is 0 Å². The normalized spacial score (nSPS) is 31.6. The van der Waals surface area contributed by atoms with Gasteiger partial charge >= 0.3 is 15.6 Å². The Balaban J connectivity index is 1.16. The van der Waals surface area contributed by atoms with Gasteiger partial charge in [0.05, 0.1) is 25.1 Å². The highest BCUT2D eigenvalue weighted by Gasteiger charge is 2.50. The molecule has 2 aliphatic rings. The highest BCUT2D eigenvalue weighted by Crippen LogP contribution is 2.60.